The third kappa shape index (κ3) is 3.62. The summed E-state index contributed by atoms with van der Waals surface area (Å²) < 4.78 is 9.97. The van der Waals surface area contributed by atoms with Crippen LogP contribution in [0.4, 0.5) is 0 Å². The van der Waals surface area contributed by atoms with E-state index in [-0.39, 0.29) is 11.8 Å². The van der Waals surface area contributed by atoms with Crippen LogP contribution >= 0.6 is 11.6 Å². The molecule has 4 nitrogen and oxygen atoms in total. The highest BCUT2D eigenvalue weighted by Crippen LogP contribution is 2.17. The van der Waals surface area contributed by atoms with Crippen molar-refractivity contribution in [1.82, 2.24) is 5.32 Å². The van der Waals surface area contributed by atoms with Gasteiger partial charge in [-0.25, -0.2) is 4.79 Å². The Bertz CT molecular complexity index is 577. The van der Waals surface area contributed by atoms with E-state index in [0.717, 1.165) is 10.6 Å². The van der Waals surface area contributed by atoms with Gasteiger partial charge in [0.15, 0.2) is 0 Å². The van der Waals surface area contributed by atoms with Crippen LogP contribution in [-0.4, -0.2) is 13.1 Å². The van der Waals surface area contributed by atoms with Gasteiger partial charge < -0.3 is 14.5 Å². The van der Waals surface area contributed by atoms with Gasteiger partial charge in [0.05, 0.1) is 13.7 Å². The van der Waals surface area contributed by atoms with Gasteiger partial charge in [-0.2, -0.15) is 0 Å². The van der Waals surface area contributed by atoms with Gasteiger partial charge in [0, 0.05) is 11.1 Å². The lowest BCUT2D eigenvalue weighted by Crippen LogP contribution is -2.17. The quantitative estimate of drug-likeness (QED) is 0.856. The van der Waals surface area contributed by atoms with E-state index in [4.69, 9.17) is 16.0 Å². The molecule has 1 atom stereocenters. The van der Waals surface area contributed by atoms with Gasteiger partial charge in [-0.05, 0) is 36.8 Å². The molecule has 0 aliphatic carbocycles. The van der Waals surface area contributed by atoms with Crippen LogP contribution < -0.4 is 5.32 Å². The lowest BCUT2D eigenvalue weighted by molar-refractivity contribution is 0.0563. The Hall–Kier alpha value is -1.78. The Morgan fingerprint density at radius 1 is 1.30 bits per heavy atom. The summed E-state index contributed by atoms with van der Waals surface area (Å²) in [5, 5.41) is 4.03. The molecule has 0 bridgehead atoms. The molecule has 1 aromatic carbocycles. The lowest BCUT2D eigenvalue weighted by Gasteiger charge is -2.13. The second kappa shape index (κ2) is 6.59. The van der Waals surface area contributed by atoms with Crippen molar-refractivity contribution < 1.29 is 13.9 Å². The zero-order valence-electron chi connectivity index (χ0n) is 11.4. The summed E-state index contributed by atoms with van der Waals surface area (Å²) in [5.41, 5.74) is 1.13. The first-order chi connectivity index (χ1) is 9.60. The summed E-state index contributed by atoms with van der Waals surface area (Å²) in [6.45, 7) is 2.58. The number of benzene rings is 1. The van der Waals surface area contributed by atoms with Gasteiger partial charge in [0.25, 0.3) is 0 Å². The third-order valence-electron chi connectivity index (χ3n) is 3.00. The molecule has 1 aromatic heterocycles. The molecule has 106 valence electrons. The van der Waals surface area contributed by atoms with E-state index in [2.05, 4.69) is 10.1 Å². The molecule has 0 spiro atoms. The highest BCUT2D eigenvalue weighted by atomic mass is 35.5. The Morgan fingerprint density at radius 3 is 2.65 bits per heavy atom. The number of hydrogen-bond acceptors (Lipinski definition) is 4. The number of rotatable bonds is 5. The fourth-order valence-corrected chi connectivity index (χ4v) is 1.93. The molecule has 0 radical (unpaired) electrons. The lowest BCUT2D eigenvalue weighted by atomic mass is 10.1. The van der Waals surface area contributed by atoms with Crippen molar-refractivity contribution in [3.63, 3.8) is 0 Å². The van der Waals surface area contributed by atoms with Crippen molar-refractivity contribution in [2.75, 3.05) is 7.11 Å². The Labute approximate surface area is 122 Å². The van der Waals surface area contributed by atoms with Crippen LogP contribution in [-0.2, 0) is 11.3 Å². The normalized spacial score (nSPS) is 12.2. The third-order valence-corrected chi connectivity index (χ3v) is 3.25. The van der Waals surface area contributed by atoms with Gasteiger partial charge in [-0.1, -0.05) is 23.7 Å². The molecule has 2 aromatic rings. The molecule has 0 saturated carbocycles. The maximum atomic E-state index is 11.3. The fourth-order valence-electron chi connectivity index (χ4n) is 1.81. The number of hydrogen-bond donors (Lipinski definition) is 1. The number of methoxy groups -OCH3 is 1. The van der Waals surface area contributed by atoms with Crippen molar-refractivity contribution in [2.45, 2.75) is 19.5 Å². The number of carbonyl (C=O) groups is 1. The number of carbonyl (C=O) groups excluding carboxylic acids is 1. The predicted octanol–water partition coefficient (Wildman–Crippen LogP) is 3.57. The monoisotopic (exact) mass is 293 g/mol. The molecular formula is C15H16ClNO3. The van der Waals surface area contributed by atoms with Crippen molar-refractivity contribution in [1.29, 1.82) is 0 Å². The molecule has 2 rings (SSSR count). The average molecular weight is 294 g/mol. The smallest absolute Gasteiger partial charge is 0.373 e. The molecule has 0 amide bonds. The van der Waals surface area contributed by atoms with Crippen molar-refractivity contribution >= 4 is 17.6 Å². The van der Waals surface area contributed by atoms with E-state index >= 15 is 0 Å². The van der Waals surface area contributed by atoms with Gasteiger partial charge >= 0.3 is 5.97 Å². The maximum Gasteiger partial charge on any atom is 0.373 e. The summed E-state index contributed by atoms with van der Waals surface area (Å²) in [5.74, 6) is 0.427. The van der Waals surface area contributed by atoms with Crippen LogP contribution in [0, 0.1) is 0 Å². The van der Waals surface area contributed by atoms with Crippen molar-refractivity contribution in [2.24, 2.45) is 0 Å². The summed E-state index contributed by atoms with van der Waals surface area (Å²) >= 11 is 5.86. The molecular weight excluding hydrogens is 278 g/mol. The van der Waals surface area contributed by atoms with Crippen LogP contribution in [0.15, 0.2) is 40.8 Å². The average Bonchev–Trinajstić information content (AvgIpc) is 2.93. The highest BCUT2D eigenvalue weighted by molar-refractivity contribution is 6.30. The van der Waals surface area contributed by atoms with Gasteiger partial charge in [-0.3, -0.25) is 0 Å². The van der Waals surface area contributed by atoms with Crippen molar-refractivity contribution in [3.05, 3.63) is 58.5 Å². The molecule has 20 heavy (non-hydrogen) atoms. The fraction of sp³-hybridized carbons (Fsp3) is 0.267. The summed E-state index contributed by atoms with van der Waals surface area (Å²) in [6, 6.07) is 11.2. The predicted molar refractivity (Wildman–Crippen MR) is 76.8 cm³/mol. The van der Waals surface area contributed by atoms with Crippen LogP contribution in [0.2, 0.25) is 5.02 Å². The van der Waals surface area contributed by atoms with E-state index in [9.17, 15) is 4.79 Å². The highest BCUT2D eigenvalue weighted by Gasteiger charge is 2.12. The Balaban J connectivity index is 1.93. The molecule has 1 heterocycles. The minimum absolute atomic E-state index is 0.152. The molecule has 0 unspecified atom stereocenters. The number of halogens is 1. The SMILES string of the molecule is COC(=O)c1ccc(CN[C@@H](C)c2ccc(Cl)cc2)o1. The maximum absolute atomic E-state index is 11.3. The van der Waals surface area contributed by atoms with E-state index in [1.807, 2.05) is 31.2 Å². The van der Waals surface area contributed by atoms with Crippen LogP contribution in [0.1, 0.15) is 34.8 Å². The van der Waals surface area contributed by atoms with Crippen LogP contribution in [0.25, 0.3) is 0 Å². The van der Waals surface area contributed by atoms with E-state index in [1.54, 1.807) is 12.1 Å². The summed E-state index contributed by atoms with van der Waals surface area (Å²) in [6.07, 6.45) is 0. The molecule has 0 fully saturated rings. The largest absolute Gasteiger partial charge is 0.463 e. The van der Waals surface area contributed by atoms with Gasteiger partial charge in [0.1, 0.15) is 5.76 Å². The zero-order valence-corrected chi connectivity index (χ0v) is 12.1. The molecule has 0 saturated heterocycles. The number of ether oxygens (including phenoxy) is 1. The van der Waals surface area contributed by atoms with Crippen LogP contribution in [0.5, 0.6) is 0 Å². The van der Waals surface area contributed by atoms with Gasteiger partial charge in [-0.15, -0.1) is 0 Å². The second-order valence-electron chi connectivity index (χ2n) is 4.41. The number of esters is 1. The topological polar surface area (TPSA) is 51.5 Å². The first-order valence-electron chi connectivity index (χ1n) is 6.26. The van der Waals surface area contributed by atoms with E-state index in [1.165, 1.54) is 7.11 Å². The van der Waals surface area contributed by atoms with Crippen molar-refractivity contribution in [3.8, 4) is 0 Å². The molecule has 0 aliphatic heterocycles. The van der Waals surface area contributed by atoms with E-state index < -0.39 is 5.97 Å². The minimum Gasteiger partial charge on any atom is -0.463 e. The first-order valence-corrected chi connectivity index (χ1v) is 6.64. The molecule has 5 heteroatoms. The minimum atomic E-state index is -0.470. The van der Waals surface area contributed by atoms with Gasteiger partial charge in [0.2, 0.25) is 5.76 Å². The van der Waals surface area contributed by atoms with E-state index in [0.29, 0.717) is 12.3 Å². The Kier molecular flexibility index (Phi) is 4.82. The zero-order chi connectivity index (χ0) is 14.5. The number of nitrogens with one attached hydrogen (secondary N) is 1. The molecule has 1 N–H and O–H groups in total. The Morgan fingerprint density at radius 2 is 2.00 bits per heavy atom. The summed E-state index contributed by atoms with van der Waals surface area (Å²) in [7, 11) is 1.32. The van der Waals surface area contributed by atoms with Crippen LogP contribution in [0.3, 0.4) is 0 Å². The molecule has 0 aliphatic rings. The number of furan rings is 1. The summed E-state index contributed by atoms with van der Waals surface area (Å²) in [4.78, 5) is 11.3. The first kappa shape index (κ1) is 14.6. The second-order valence-corrected chi connectivity index (χ2v) is 4.85. The standard InChI is InChI=1S/C15H16ClNO3/c1-10(11-3-5-12(16)6-4-11)17-9-13-7-8-14(20-13)15(18)19-2/h3-8,10,17H,9H2,1-2H3/t10-/m0/s1.